The fourth-order valence-electron chi connectivity index (χ4n) is 3.19. The summed E-state index contributed by atoms with van der Waals surface area (Å²) < 4.78 is 16.8. The van der Waals surface area contributed by atoms with Crippen LogP contribution in [0.2, 0.25) is 0 Å². The van der Waals surface area contributed by atoms with Crippen LogP contribution in [0.4, 0.5) is 0 Å². The molecule has 0 atom stereocenters. The number of rotatable bonds is 1. The highest BCUT2D eigenvalue weighted by Crippen LogP contribution is 2.31. The Morgan fingerprint density at radius 3 is 2.68 bits per heavy atom. The number of nitrogens with zero attached hydrogens (tertiary/aromatic N) is 2. The molecule has 2 fully saturated rings. The molecule has 0 unspecified atom stereocenters. The fourth-order valence-corrected chi connectivity index (χ4v) is 3.19. The number of hydrogen-bond acceptors (Lipinski definition) is 5. The van der Waals surface area contributed by atoms with Gasteiger partial charge in [0, 0.05) is 38.4 Å². The Hall–Kier alpha value is -1.92. The topological polar surface area (TPSA) is 64.8 Å². The zero-order chi connectivity index (χ0) is 15.2. The third-order valence-electron chi connectivity index (χ3n) is 4.37. The number of fused-ring (bicyclic) bond motifs is 1. The molecule has 1 amide bonds. The van der Waals surface area contributed by atoms with Crippen molar-refractivity contribution in [2.45, 2.75) is 25.6 Å². The van der Waals surface area contributed by atoms with Crippen LogP contribution < -0.4 is 0 Å². The van der Waals surface area contributed by atoms with Gasteiger partial charge in [-0.1, -0.05) is 0 Å². The summed E-state index contributed by atoms with van der Waals surface area (Å²) in [5, 5.41) is 0. The van der Waals surface area contributed by atoms with Gasteiger partial charge in [-0.3, -0.25) is 4.79 Å². The van der Waals surface area contributed by atoms with Crippen LogP contribution in [-0.2, 0) is 9.47 Å². The van der Waals surface area contributed by atoms with Gasteiger partial charge in [0.15, 0.2) is 17.3 Å². The van der Waals surface area contributed by atoms with E-state index in [9.17, 15) is 4.79 Å². The quantitative estimate of drug-likeness (QED) is 0.807. The first-order valence-corrected chi connectivity index (χ1v) is 7.60. The van der Waals surface area contributed by atoms with Crippen molar-refractivity contribution in [2.24, 2.45) is 0 Å². The second kappa shape index (κ2) is 5.07. The number of likely N-dealkylation sites (tertiary alicyclic amines) is 1. The van der Waals surface area contributed by atoms with Crippen LogP contribution in [0.15, 0.2) is 22.6 Å². The monoisotopic (exact) mass is 302 g/mol. The summed E-state index contributed by atoms with van der Waals surface area (Å²) in [6.45, 7) is 4.39. The average molecular weight is 302 g/mol. The van der Waals surface area contributed by atoms with E-state index in [1.807, 2.05) is 4.90 Å². The maximum absolute atomic E-state index is 12.6. The third-order valence-corrected chi connectivity index (χ3v) is 4.37. The van der Waals surface area contributed by atoms with E-state index < -0.39 is 5.79 Å². The highest BCUT2D eigenvalue weighted by atomic mass is 16.7. The molecular weight excluding hydrogens is 284 g/mol. The first-order valence-electron chi connectivity index (χ1n) is 7.60. The Balaban J connectivity index is 1.51. The first kappa shape index (κ1) is 13.7. The molecule has 1 aromatic carbocycles. The summed E-state index contributed by atoms with van der Waals surface area (Å²) in [5.74, 6) is 0.176. The number of ether oxygens (including phenoxy) is 2. The Labute approximate surface area is 128 Å². The number of aryl methyl sites for hydroxylation is 1. The number of aromatic nitrogens is 1. The molecule has 0 aliphatic carbocycles. The highest BCUT2D eigenvalue weighted by molar-refractivity contribution is 5.97. The van der Waals surface area contributed by atoms with Crippen LogP contribution in [0.1, 0.15) is 29.1 Å². The molecule has 3 heterocycles. The van der Waals surface area contributed by atoms with Gasteiger partial charge in [-0.05, 0) is 18.2 Å². The molecule has 0 radical (unpaired) electrons. The number of carbonyl (C=O) groups excluding carboxylic acids is 1. The van der Waals surface area contributed by atoms with Gasteiger partial charge in [0.1, 0.15) is 5.52 Å². The van der Waals surface area contributed by atoms with E-state index in [-0.39, 0.29) is 5.91 Å². The summed E-state index contributed by atoms with van der Waals surface area (Å²) in [6, 6.07) is 5.39. The molecule has 2 aliphatic rings. The van der Waals surface area contributed by atoms with Crippen molar-refractivity contribution in [2.75, 3.05) is 26.3 Å². The van der Waals surface area contributed by atoms with Crippen molar-refractivity contribution < 1.29 is 18.7 Å². The Morgan fingerprint density at radius 1 is 1.23 bits per heavy atom. The van der Waals surface area contributed by atoms with E-state index in [0.717, 1.165) is 18.4 Å². The molecule has 6 heteroatoms. The summed E-state index contributed by atoms with van der Waals surface area (Å²) in [5.41, 5.74) is 2.07. The Kier molecular flexibility index (Phi) is 3.16. The minimum absolute atomic E-state index is 0.0235. The minimum atomic E-state index is -0.454. The van der Waals surface area contributed by atoms with Crippen molar-refractivity contribution >= 4 is 17.0 Å². The van der Waals surface area contributed by atoms with Crippen molar-refractivity contribution in [1.82, 2.24) is 9.88 Å². The average Bonchev–Trinajstić information content (AvgIpc) is 3.12. The van der Waals surface area contributed by atoms with Crippen LogP contribution in [0.25, 0.3) is 11.1 Å². The molecule has 0 saturated carbocycles. The molecule has 116 valence electrons. The lowest BCUT2D eigenvalue weighted by atomic mass is 10.0. The Bertz CT molecular complexity index is 708. The van der Waals surface area contributed by atoms with Crippen LogP contribution in [0, 0.1) is 6.92 Å². The standard InChI is InChI=1S/C16H18N2O4/c1-11-17-13-10-12(2-3-14(13)22-11)15(19)18-6-4-16(5-7-18)20-8-9-21-16/h2-3,10H,4-9H2,1H3. The van der Waals surface area contributed by atoms with Crippen LogP contribution in [0.3, 0.4) is 0 Å². The lowest BCUT2D eigenvalue weighted by molar-refractivity contribution is -0.181. The smallest absolute Gasteiger partial charge is 0.253 e. The normalized spacial score (nSPS) is 20.9. The van der Waals surface area contributed by atoms with Crippen LogP contribution >= 0.6 is 0 Å². The van der Waals surface area contributed by atoms with Gasteiger partial charge >= 0.3 is 0 Å². The molecule has 1 spiro atoms. The number of amides is 1. The maximum Gasteiger partial charge on any atom is 0.253 e. The van der Waals surface area contributed by atoms with Gasteiger partial charge in [0.2, 0.25) is 0 Å². The number of benzene rings is 1. The Morgan fingerprint density at radius 2 is 1.95 bits per heavy atom. The molecular formula is C16H18N2O4. The van der Waals surface area contributed by atoms with Gasteiger partial charge in [0.05, 0.1) is 13.2 Å². The van der Waals surface area contributed by atoms with Crippen LogP contribution in [-0.4, -0.2) is 47.9 Å². The molecule has 0 N–H and O–H groups in total. The molecule has 2 aromatic rings. The van der Waals surface area contributed by atoms with E-state index in [4.69, 9.17) is 13.9 Å². The lowest BCUT2D eigenvalue weighted by Gasteiger charge is -2.37. The van der Waals surface area contributed by atoms with Crippen molar-refractivity contribution in [3.63, 3.8) is 0 Å². The van der Waals surface area contributed by atoms with E-state index in [1.54, 1.807) is 25.1 Å². The zero-order valence-corrected chi connectivity index (χ0v) is 12.5. The summed E-state index contributed by atoms with van der Waals surface area (Å²) in [7, 11) is 0. The second-order valence-corrected chi connectivity index (χ2v) is 5.82. The molecule has 1 aromatic heterocycles. The summed E-state index contributed by atoms with van der Waals surface area (Å²) >= 11 is 0. The second-order valence-electron chi connectivity index (χ2n) is 5.82. The SMILES string of the molecule is Cc1nc2cc(C(=O)N3CCC4(CC3)OCCO4)ccc2o1. The molecule has 0 bridgehead atoms. The zero-order valence-electron chi connectivity index (χ0n) is 12.5. The predicted molar refractivity (Wildman–Crippen MR) is 78.5 cm³/mol. The minimum Gasteiger partial charge on any atom is -0.441 e. The van der Waals surface area contributed by atoms with E-state index >= 15 is 0 Å². The number of oxazole rings is 1. The van der Waals surface area contributed by atoms with Crippen molar-refractivity contribution in [1.29, 1.82) is 0 Å². The fraction of sp³-hybridized carbons (Fsp3) is 0.500. The van der Waals surface area contributed by atoms with Gasteiger partial charge in [-0.25, -0.2) is 4.98 Å². The number of hydrogen-bond donors (Lipinski definition) is 0. The number of piperidine rings is 1. The van der Waals surface area contributed by atoms with Crippen molar-refractivity contribution in [3.05, 3.63) is 29.7 Å². The summed E-state index contributed by atoms with van der Waals surface area (Å²) in [6.07, 6.45) is 1.45. The molecule has 6 nitrogen and oxygen atoms in total. The molecule has 2 aliphatic heterocycles. The van der Waals surface area contributed by atoms with Crippen LogP contribution in [0.5, 0.6) is 0 Å². The predicted octanol–water partition coefficient (Wildman–Crippen LogP) is 2.12. The van der Waals surface area contributed by atoms with Gasteiger partial charge in [-0.15, -0.1) is 0 Å². The van der Waals surface area contributed by atoms with E-state index in [1.165, 1.54) is 0 Å². The third kappa shape index (κ3) is 2.28. The first-order chi connectivity index (χ1) is 10.7. The molecule has 4 rings (SSSR count). The lowest BCUT2D eigenvalue weighted by Crippen LogP contribution is -2.47. The maximum atomic E-state index is 12.6. The van der Waals surface area contributed by atoms with Crippen molar-refractivity contribution in [3.8, 4) is 0 Å². The van der Waals surface area contributed by atoms with E-state index in [2.05, 4.69) is 4.98 Å². The molecule has 2 saturated heterocycles. The number of carbonyl (C=O) groups is 1. The van der Waals surface area contributed by atoms with Gasteiger partial charge < -0.3 is 18.8 Å². The van der Waals surface area contributed by atoms with Gasteiger partial charge in [-0.2, -0.15) is 0 Å². The van der Waals surface area contributed by atoms with E-state index in [0.29, 0.717) is 43.3 Å². The highest BCUT2D eigenvalue weighted by Gasteiger charge is 2.40. The molecule has 22 heavy (non-hydrogen) atoms. The van der Waals surface area contributed by atoms with Gasteiger partial charge in [0.25, 0.3) is 5.91 Å². The summed E-state index contributed by atoms with van der Waals surface area (Å²) in [4.78, 5) is 18.8. The largest absolute Gasteiger partial charge is 0.441 e.